The van der Waals surface area contributed by atoms with E-state index < -0.39 is 0 Å². The van der Waals surface area contributed by atoms with Crippen molar-refractivity contribution in [3.63, 3.8) is 0 Å². The Hall–Kier alpha value is -1.49. The van der Waals surface area contributed by atoms with Gasteiger partial charge in [-0.05, 0) is 49.6 Å². The van der Waals surface area contributed by atoms with Gasteiger partial charge in [-0.2, -0.15) is 0 Å². The maximum Gasteiger partial charge on any atom is 0.272 e. The van der Waals surface area contributed by atoms with Crippen LogP contribution in [0.4, 0.5) is 5.69 Å². The lowest BCUT2D eigenvalue weighted by molar-refractivity contribution is 0.101. The van der Waals surface area contributed by atoms with Gasteiger partial charge in [0.2, 0.25) is 0 Å². The largest absolute Gasteiger partial charge is 0.333 e. The number of halogens is 2. The average molecular weight is 353 g/mol. The highest BCUT2D eigenvalue weighted by Gasteiger charge is 2.19. The first-order valence-corrected chi connectivity index (χ1v) is 8.46. The molecule has 6 heteroatoms. The van der Waals surface area contributed by atoms with E-state index >= 15 is 0 Å². The van der Waals surface area contributed by atoms with E-state index in [0.717, 1.165) is 10.2 Å². The fourth-order valence-electron chi connectivity index (χ4n) is 2.46. The predicted molar refractivity (Wildman–Crippen MR) is 94.6 cm³/mol. The van der Waals surface area contributed by atoms with Crippen molar-refractivity contribution >= 4 is 56.3 Å². The molecule has 1 N–H and O–H groups in total. The van der Waals surface area contributed by atoms with E-state index in [-0.39, 0.29) is 11.9 Å². The zero-order valence-electron chi connectivity index (χ0n) is 12.1. The molecule has 0 saturated carbocycles. The van der Waals surface area contributed by atoms with Crippen LogP contribution in [0.25, 0.3) is 10.2 Å². The van der Waals surface area contributed by atoms with Gasteiger partial charge in [-0.25, -0.2) is 0 Å². The molecule has 2 aromatic heterocycles. The zero-order valence-corrected chi connectivity index (χ0v) is 14.4. The fraction of sp³-hybridized carbons (Fsp3) is 0.188. The van der Waals surface area contributed by atoms with Crippen LogP contribution in [0.1, 0.15) is 30.4 Å². The van der Waals surface area contributed by atoms with Gasteiger partial charge in [0.25, 0.3) is 5.91 Å². The molecular formula is C16H14Cl2N2OS. The van der Waals surface area contributed by atoms with Crippen molar-refractivity contribution in [2.45, 2.75) is 19.9 Å². The third-order valence-electron chi connectivity index (χ3n) is 3.39. The molecule has 0 aliphatic rings. The Morgan fingerprint density at radius 1 is 1.23 bits per heavy atom. The molecule has 3 aromatic rings. The van der Waals surface area contributed by atoms with E-state index in [2.05, 4.69) is 19.2 Å². The molecule has 1 aromatic carbocycles. The summed E-state index contributed by atoms with van der Waals surface area (Å²) < 4.78 is 3.12. The van der Waals surface area contributed by atoms with Crippen molar-refractivity contribution in [3.05, 3.63) is 51.5 Å². The maximum atomic E-state index is 12.6. The van der Waals surface area contributed by atoms with E-state index in [1.54, 1.807) is 29.5 Å². The number of nitrogens with zero attached hydrogens (tertiary/aromatic N) is 1. The summed E-state index contributed by atoms with van der Waals surface area (Å²) in [7, 11) is 0. The maximum absolute atomic E-state index is 12.6. The number of benzene rings is 1. The van der Waals surface area contributed by atoms with Gasteiger partial charge in [0.15, 0.2) is 0 Å². The first kappa shape index (κ1) is 15.4. The van der Waals surface area contributed by atoms with Crippen LogP contribution < -0.4 is 5.32 Å². The van der Waals surface area contributed by atoms with Crippen molar-refractivity contribution in [2.75, 3.05) is 5.32 Å². The molecule has 3 rings (SSSR count). The number of nitrogens with one attached hydrogen (secondary N) is 1. The van der Waals surface area contributed by atoms with Gasteiger partial charge in [-0.1, -0.05) is 23.2 Å². The number of aromatic nitrogens is 1. The van der Waals surface area contributed by atoms with Crippen molar-refractivity contribution < 1.29 is 4.79 Å². The quantitative estimate of drug-likeness (QED) is 0.630. The zero-order chi connectivity index (χ0) is 15.9. The Labute approximate surface area is 142 Å². The van der Waals surface area contributed by atoms with Gasteiger partial charge in [0, 0.05) is 11.1 Å². The summed E-state index contributed by atoms with van der Waals surface area (Å²) in [6.07, 6.45) is 0. The Bertz CT molecular complexity index is 851. The predicted octanol–water partition coefficient (Wildman–Crippen LogP) is 5.84. The number of carbonyl (C=O) groups excluding carboxylic acids is 1. The Morgan fingerprint density at radius 3 is 2.73 bits per heavy atom. The first-order valence-electron chi connectivity index (χ1n) is 6.82. The van der Waals surface area contributed by atoms with Gasteiger partial charge >= 0.3 is 0 Å². The highest BCUT2D eigenvalue weighted by molar-refractivity contribution is 7.17. The standard InChI is InChI=1S/C16H14Cl2N2OS/c1-9(2)20-13-5-6-22-15(13)8-14(20)16(21)19-12-7-10(17)3-4-11(12)18/h3-9H,1-2H3,(H,19,21). The molecular weight excluding hydrogens is 339 g/mol. The smallest absolute Gasteiger partial charge is 0.272 e. The molecule has 0 atom stereocenters. The lowest BCUT2D eigenvalue weighted by Gasteiger charge is -2.14. The molecule has 114 valence electrons. The van der Waals surface area contributed by atoms with Gasteiger partial charge in [0.05, 0.1) is 20.9 Å². The Balaban J connectivity index is 2.00. The topological polar surface area (TPSA) is 34.0 Å². The second kappa shape index (κ2) is 5.95. The number of amides is 1. The SMILES string of the molecule is CC(C)n1c(C(=O)Nc2cc(Cl)ccc2Cl)cc2sccc21. The molecule has 0 bridgehead atoms. The minimum Gasteiger partial charge on any atom is -0.333 e. The molecule has 0 fully saturated rings. The summed E-state index contributed by atoms with van der Waals surface area (Å²) in [6, 6.07) is 9.12. The van der Waals surface area contributed by atoms with Crippen LogP contribution in [-0.4, -0.2) is 10.5 Å². The van der Waals surface area contributed by atoms with E-state index in [4.69, 9.17) is 23.2 Å². The summed E-state index contributed by atoms with van der Waals surface area (Å²) in [5.74, 6) is -0.193. The van der Waals surface area contributed by atoms with Gasteiger partial charge < -0.3 is 9.88 Å². The third-order valence-corrected chi connectivity index (χ3v) is 4.80. The number of carbonyl (C=O) groups is 1. The molecule has 0 unspecified atom stereocenters. The van der Waals surface area contributed by atoms with E-state index in [1.807, 2.05) is 22.1 Å². The second-order valence-corrected chi connectivity index (χ2v) is 7.03. The summed E-state index contributed by atoms with van der Waals surface area (Å²) >= 11 is 13.7. The van der Waals surface area contributed by atoms with Crippen LogP contribution in [0.5, 0.6) is 0 Å². The van der Waals surface area contributed by atoms with E-state index in [9.17, 15) is 4.79 Å². The molecule has 22 heavy (non-hydrogen) atoms. The van der Waals surface area contributed by atoms with E-state index in [0.29, 0.717) is 21.4 Å². The molecule has 2 heterocycles. The Kier molecular flexibility index (Phi) is 4.17. The Morgan fingerprint density at radius 2 is 2.00 bits per heavy atom. The van der Waals surface area contributed by atoms with Crippen molar-refractivity contribution in [3.8, 4) is 0 Å². The van der Waals surface area contributed by atoms with Crippen molar-refractivity contribution in [1.29, 1.82) is 0 Å². The van der Waals surface area contributed by atoms with Crippen LogP contribution in [-0.2, 0) is 0 Å². The van der Waals surface area contributed by atoms with Crippen molar-refractivity contribution in [1.82, 2.24) is 4.57 Å². The monoisotopic (exact) mass is 352 g/mol. The minimum absolute atomic E-state index is 0.183. The van der Waals surface area contributed by atoms with Crippen LogP contribution in [0, 0.1) is 0 Å². The first-order chi connectivity index (χ1) is 10.5. The van der Waals surface area contributed by atoms with Crippen molar-refractivity contribution in [2.24, 2.45) is 0 Å². The van der Waals surface area contributed by atoms with Crippen LogP contribution in [0.3, 0.4) is 0 Å². The number of anilines is 1. The fourth-order valence-corrected chi connectivity index (χ4v) is 3.60. The highest BCUT2D eigenvalue weighted by Crippen LogP contribution is 2.30. The summed E-state index contributed by atoms with van der Waals surface area (Å²) in [4.78, 5) is 12.6. The lowest BCUT2D eigenvalue weighted by atomic mass is 10.3. The molecule has 0 aliphatic carbocycles. The second-order valence-electron chi connectivity index (χ2n) is 5.24. The molecule has 0 aliphatic heterocycles. The van der Waals surface area contributed by atoms with Crippen LogP contribution in [0.15, 0.2) is 35.7 Å². The normalized spacial score (nSPS) is 11.3. The average Bonchev–Trinajstić information content (AvgIpc) is 3.02. The molecule has 0 spiro atoms. The summed E-state index contributed by atoms with van der Waals surface area (Å²) in [5, 5.41) is 5.86. The number of fused-ring (bicyclic) bond motifs is 1. The van der Waals surface area contributed by atoms with Gasteiger partial charge in [-0.3, -0.25) is 4.79 Å². The summed E-state index contributed by atoms with van der Waals surface area (Å²) in [5.41, 5.74) is 2.20. The molecule has 3 nitrogen and oxygen atoms in total. The molecule has 0 radical (unpaired) electrons. The number of hydrogen-bond acceptors (Lipinski definition) is 2. The van der Waals surface area contributed by atoms with Crippen LogP contribution >= 0.6 is 34.5 Å². The number of hydrogen-bond donors (Lipinski definition) is 1. The number of thiophene rings is 1. The van der Waals surface area contributed by atoms with Gasteiger partial charge in [0.1, 0.15) is 5.69 Å². The minimum atomic E-state index is -0.193. The van der Waals surface area contributed by atoms with Crippen LogP contribution in [0.2, 0.25) is 10.0 Å². The van der Waals surface area contributed by atoms with Gasteiger partial charge in [-0.15, -0.1) is 11.3 Å². The highest BCUT2D eigenvalue weighted by atomic mass is 35.5. The lowest BCUT2D eigenvalue weighted by Crippen LogP contribution is -2.18. The third kappa shape index (κ3) is 2.74. The van der Waals surface area contributed by atoms with E-state index in [1.165, 1.54) is 0 Å². The molecule has 1 amide bonds. The number of rotatable bonds is 3. The summed E-state index contributed by atoms with van der Waals surface area (Å²) in [6.45, 7) is 4.11. The molecule has 0 saturated heterocycles.